The van der Waals surface area contributed by atoms with Gasteiger partial charge in [0.25, 0.3) is 0 Å². The van der Waals surface area contributed by atoms with Gasteiger partial charge in [0.2, 0.25) is 0 Å². The van der Waals surface area contributed by atoms with Crippen LogP contribution in [0.25, 0.3) is 22.1 Å². The fourth-order valence-corrected chi connectivity index (χ4v) is 2.22. The van der Waals surface area contributed by atoms with Crippen LogP contribution in [-0.4, -0.2) is 6.88 Å². The van der Waals surface area contributed by atoms with Crippen LogP contribution in [0.5, 0.6) is 0 Å². The molecule has 1 aromatic heterocycles. The van der Waals surface area contributed by atoms with Gasteiger partial charge < -0.3 is 19.3 Å². The Morgan fingerprint density at radius 3 is 2.23 bits per heavy atom. The molecule has 0 N–H and O–H groups in total. The van der Waals surface area contributed by atoms with Crippen molar-refractivity contribution in [3.05, 3.63) is 93.4 Å². The Hall–Kier alpha value is -0.730. The molecule has 0 amide bonds. The van der Waals surface area contributed by atoms with Crippen molar-refractivity contribution in [2.24, 2.45) is 0 Å². The molecule has 4 rings (SSSR count). The molecule has 0 spiro atoms. The van der Waals surface area contributed by atoms with Crippen LogP contribution in [0.3, 0.4) is 0 Å². The fraction of sp³-hybridized carbons (Fsp3) is 0.0952. The van der Waals surface area contributed by atoms with Crippen molar-refractivity contribution in [1.29, 1.82) is 0 Å². The van der Waals surface area contributed by atoms with Crippen LogP contribution < -0.4 is 0 Å². The summed E-state index contributed by atoms with van der Waals surface area (Å²) in [4.78, 5) is 0. The third-order valence-corrected chi connectivity index (χ3v) is 3.23. The molecule has 140 valence electrons. The molecular formula is C21H24Cl2OSiZr-4. The van der Waals surface area contributed by atoms with E-state index in [0.717, 1.165) is 23.5 Å². The van der Waals surface area contributed by atoms with E-state index >= 15 is 0 Å². The maximum absolute atomic E-state index is 5.60. The molecular weight excluding hydrogens is 458 g/mol. The first-order valence-corrected chi connectivity index (χ1v) is 11.2. The van der Waals surface area contributed by atoms with Gasteiger partial charge in [0, 0.05) is 0 Å². The van der Waals surface area contributed by atoms with Crippen LogP contribution in [0.2, 0.25) is 0 Å². The first-order chi connectivity index (χ1) is 10.8. The van der Waals surface area contributed by atoms with E-state index in [2.05, 4.69) is 55.4 Å². The summed E-state index contributed by atoms with van der Waals surface area (Å²) in [7, 11) is 0. The maximum atomic E-state index is 5.60. The summed E-state index contributed by atoms with van der Waals surface area (Å²) in [6.45, 7) is 5.03. The van der Waals surface area contributed by atoms with Crippen LogP contribution >= 0.6 is 24.8 Å². The summed E-state index contributed by atoms with van der Waals surface area (Å²) in [6.07, 6.45) is 10.0. The number of fused-ring (bicyclic) bond motifs is 1. The van der Waals surface area contributed by atoms with E-state index in [9.17, 15) is 0 Å². The molecule has 0 unspecified atom stereocenters. The van der Waals surface area contributed by atoms with Gasteiger partial charge >= 0.3 is 30.2 Å². The zero-order valence-electron chi connectivity index (χ0n) is 15.3. The van der Waals surface area contributed by atoms with Crippen LogP contribution in [0.4, 0.5) is 0 Å². The molecule has 0 bridgehead atoms. The number of allylic oxidation sites excluding steroid dienone is 4. The third-order valence-electron chi connectivity index (χ3n) is 3.23. The van der Waals surface area contributed by atoms with Gasteiger partial charge in [-0.3, -0.25) is 6.08 Å². The Labute approximate surface area is 187 Å². The average molecular weight is 483 g/mol. The van der Waals surface area contributed by atoms with Crippen LogP contribution in [-0.2, 0) is 23.3 Å². The van der Waals surface area contributed by atoms with E-state index in [1.165, 1.54) is 34.1 Å². The molecule has 1 aliphatic rings. The molecule has 1 aliphatic carbocycles. The molecule has 5 heteroatoms. The zero-order valence-corrected chi connectivity index (χ0v) is 20.4. The van der Waals surface area contributed by atoms with Crippen molar-refractivity contribution >= 4 is 42.5 Å². The van der Waals surface area contributed by atoms with E-state index in [1.807, 2.05) is 31.2 Å². The summed E-state index contributed by atoms with van der Waals surface area (Å²) in [6, 6.07) is 16.7. The first kappa shape index (κ1) is 30.0. The van der Waals surface area contributed by atoms with Gasteiger partial charge in [-0.15, -0.1) is 60.2 Å². The molecule has 3 aromatic rings. The number of hydrogen-bond acceptors (Lipinski definition) is 1. The van der Waals surface area contributed by atoms with Crippen LogP contribution in [0.15, 0.2) is 71.2 Å². The number of halogens is 2. The van der Waals surface area contributed by atoms with E-state index in [1.54, 1.807) is 0 Å². The van der Waals surface area contributed by atoms with Gasteiger partial charge in [0.15, 0.2) is 0 Å². The van der Waals surface area contributed by atoms with Crippen molar-refractivity contribution in [2.75, 3.05) is 0 Å². The molecule has 0 aliphatic heterocycles. The van der Waals surface area contributed by atoms with Crippen molar-refractivity contribution in [2.45, 2.75) is 13.3 Å². The Bertz CT molecular complexity index is 747. The van der Waals surface area contributed by atoms with Crippen molar-refractivity contribution in [1.82, 2.24) is 0 Å². The van der Waals surface area contributed by atoms with E-state index < -0.39 is 0 Å². The first-order valence-electron chi connectivity index (χ1n) is 7.02. The second-order valence-electron chi connectivity index (χ2n) is 4.79. The molecule has 1 heterocycles. The summed E-state index contributed by atoms with van der Waals surface area (Å²) in [5.74, 6) is 1.90. The number of aryl methyl sites for hydroxylation is 1. The predicted molar refractivity (Wildman–Crippen MR) is 117 cm³/mol. The second kappa shape index (κ2) is 16.4. The molecule has 26 heavy (non-hydrogen) atoms. The predicted octanol–water partition coefficient (Wildman–Crippen LogP) is 6.79. The van der Waals surface area contributed by atoms with E-state index in [0.29, 0.717) is 0 Å². The van der Waals surface area contributed by atoms with Gasteiger partial charge in [-0.2, -0.15) is 6.08 Å². The number of benzene rings is 1. The van der Waals surface area contributed by atoms with Gasteiger partial charge in [0.1, 0.15) is 0 Å². The Kier molecular flexibility index (Phi) is 19.0. The minimum absolute atomic E-state index is 0. The molecule has 0 atom stereocenters. The summed E-state index contributed by atoms with van der Waals surface area (Å²) >= 11 is 1.36. The summed E-state index contributed by atoms with van der Waals surface area (Å²) in [5.41, 5.74) is 1.16. The topological polar surface area (TPSA) is 13.1 Å². The van der Waals surface area contributed by atoms with E-state index in [4.69, 9.17) is 4.42 Å². The normalized spacial score (nSPS) is 9.85. The van der Waals surface area contributed by atoms with Gasteiger partial charge in [-0.05, 0) is 19.1 Å². The Morgan fingerprint density at radius 1 is 1.08 bits per heavy atom. The SMILES string of the molecule is Cc1ccc(-c2cc3ccccc3[cH-]2)o1.Cl.Cl.[C-]1=CC=CC1.[CH3-].[CH3-].[Si]=[Zr]. The van der Waals surface area contributed by atoms with Crippen molar-refractivity contribution in [3.63, 3.8) is 0 Å². The van der Waals surface area contributed by atoms with Crippen LogP contribution in [0.1, 0.15) is 12.2 Å². The van der Waals surface area contributed by atoms with Crippen LogP contribution in [0, 0.1) is 27.9 Å². The molecule has 0 saturated heterocycles. The second-order valence-corrected chi connectivity index (χ2v) is 4.79. The standard InChI is InChI=1S/C14H11O.C5H5.2CH3.2ClH.Si.Zr/c1-10-6-7-14(15-10)13-8-11-4-2-3-5-12(11)9-13;1-2-4-5-3-1;;;;;;/h2-9H,1H3;1-3H,4H2;2*1H3;2*1H;;/q4*-1;;;;. The Morgan fingerprint density at radius 2 is 1.77 bits per heavy atom. The van der Waals surface area contributed by atoms with Crippen molar-refractivity contribution < 1.29 is 27.8 Å². The summed E-state index contributed by atoms with van der Waals surface area (Å²) in [5, 5.41) is 2.53. The quantitative estimate of drug-likeness (QED) is 0.275. The van der Waals surface area contributed by atoms with E-state index in [-0.39, 0.29) is 39.7 Å². The molecule has 0 fully saturated rings. The molecule has 1 nitrogen and oxygen atoms in total. The number of hydrogen-bond donors (Lipinski definition) is 0. The number of rotatable bonds is 1. The van der Waals surface area contributed by atoms with Gasteiger partial charge in [0.05, 0.1) is 11.5 Å². The fourth-order valence-electron chi connectivity index (χ4n) is 2.22. The molecule has 2 radical (unpaired) electrons. The van der Waals surface area contributed by atoms with Crippen molar-refractivity contribution in [3.8, 4) is 11.3 Å². The number of furan rings is 1. The van der Waals surface area contributed by atoms with Gasteiger partial charge in [-0.25, -0.2) is 12.2 Å². The summed E-state index contributed by atoms with van der Waals surface area (Å²) < 4.78 is 5.60. The van der Waals surface area contributed by atoms with Gasteiger partial charge in [-0.1, -0.05) is 23.8 Å². The third kappa shape index (κ3) is 8.77. The average Bonchev–Trinajstić information content (AvgIpc) is 3.31. The monoisotopic (exact) mass is 480 g/mol. The molecule has 0 saturated carbocycles. The minimum atomic E-state index is 0. The Balaban J connectivity index is -0.000000420. The zero-order chi connectivity index (χ0) is 15.8. The molecule has 2 aromatic carbocycles.